The molecule has 24 valence electrons. The van der Waals surface area contributed by atoms with Gasteiger partial charge in [-0.15, -0.1) is 0 Å². The fourth-order valence-corrected chi connectivity index (χ4v) is 0.632. The Labute approximate surface area is 31.5 Å². The molecule has 1 saturated carbocycles. The summed E-state index contributed by atoms with van der Waals surface area (Å²) in [6.07, 6.45) is 7.43. The lowest BCUT2D eigenvalue weighted by Gasteiger charge is -1.88. The molecule has 0 aromatic heterocycles. The molecule has 0 saturated heterocycles. The number of fused-ring (bicyclic) bond motifs is 1. The largest absolute Gasteiger partial charge is 0.0382 e. The Hall–Kier alpha value is -0.260. The van der Waals surface area contributed by atoms with E-state index in [-0.39, 0.29) is 0 Å². The first kappa shape index (κ1) is 2.01. The molecule has 0 amide bonds. The lowest BCUT2D eigenvalue weighted by Crippen LogP contribution is -1.83. The van der Waals surface area contributed by atoms with Crippen molar-refractivity contribution in [1.29, 1.82) is 0 Å². The summed E-state index contributed by atoms with van der Waals surface area (Å²) in [7, 11) is 0. The van der Waals surface area contributed by atoms with Gasteiger partial charge in [-0.05, 0) is 30.4 Å². The highest BCUT2D eigenvalue weighted by Crippen LogP contribution is 2.46. The standard InChI is InChI=1S/C5H4/c1-2-5-3-4(1)5/h4-5H,3H2. The molecule has 0 spiro atoms. The summed E-state index contributed by atoms with van der Waals surface area (Å²) < 4.78 is 0. The van der Waals surface area contributed by atoms with Gasteiger partial charge in [0.2, 0.25) is 0 Å². The van der Waals surface area contributed by atoms with Crippen LogP contribution in [0, 0.1) is 24.0 Å². The van der Waals surface area contributed by atoms with Crippen molar-refractivity contribution >= 4 is 0 Å². The molecule has 0 bridgehead atoms. The molecule has 0 aromatic rings. The number of rotatable bonds is 0. The number of hydrogen-bond donors (Lipinski definition) is 0. The van der Waals surface area contributed by atoms with E-state index in [4.69, 9.17) is 0 Å². The van der Waals surface area contributed by atoms with Crippen LogP contribution in [-0.4, -0.2) is 0 Å². The van der Waals surface area contributed by atoms with Gasteiger partial charge in [-0.25, -0.2) is 0 Å². The van der Waals surface area contributed by atoms with E-state index in [9.17, 15) is 0 Å². The van der Waals surface area contributed by atoms with Crippen molar-refractivity contribution in [2.75, 3.05) is 0 Å². The molecule has 1 fully saturated rings. The van der Waals surface area contributed by atoms with E-state index in [2.05, 4.69) is 12.2 Å². The van der Waals surface area contributed by atoms with Gasteiger partial charge in [-0.2, -0.15) is 0 Å². The molecule has 2 rings (SSSR count). The van der Waals surface area contributed by atoms with E-state index < -0.39 is 0 Å². The van der Waals surface area contributed by atoms with E-state index in [0.29, 0.717) is 0 Å². The summed E-state index contributed by atoms with van der Waals surface area (Å²) in [6, 6.07) is 0. The van der Waals surface area contributed by atoms with Gasteiger partial charge >= 0.3 is 0 Å². The van der Waals surface area contributed by atoms with Gasteiger partial charge in [0.05, 0.1) is 0 Å². The van der Waals surface area contributed by atoms with Crippen LogP contribution in [0.2, 0.25) is 0 Å². The Morgan fingerprint density at radius 3 is 1.80 bits per heavy atom. The fourth-order valence-electron chi connectivity index (χ4n) is 0.632. The molecule has 2 aliphatic rings. The van der Waals surface area contributed by atoms with Crippen molar-refractivity contribution in [2.45, 2.75) is 6.42 Å². The second-order valence-corrected chi connectivity index (χ2v) is 1.74. The van der Waals surface area contributed by atoms with Crippen molar-refractivity contribution in [3.63, 3.8) is 0 Å². The van der Waals surface area contributed by atoms with Gasteiger partial charge in [-0.3, -0.25) is 0 Å². The Kier molecular flexibility index (Phi) is 0.148. The second kappa shape index (κ2) is 0.368. The molecular formula is C5H4. The predicted octanol–water partition coefficient (Wildman–Crippen LogP) is 0.799. The Balaban J connectivity index is 2.46. The average Bonchev–Trinajstić information content (AvgIpc) is 1.74. The lowest BCUT2D eigenvalue weighted by molar-refractivity contribution is 0.843. The summed E-state index contributed by atoms with van der Waals surface area (Å²) in [5.74, 6) is 1.74. The van der Waals surface area contributed by atoms with Crippen LogP contribution in [0.25, 0.3) is 0 Å². The Bertz CT molecular complexity index is 72.0. The minimum atomic E-state index is 0.870. The van der Waals surface area contributed by atoms with Crippen molar-refractivity contribution in [3.8, 4) is 0 Å². The van der Waals surface area contributed by atoms with Crippen LogP contribution >= 0.6 is 0 Å². The van der Waals surface area contributed by atoms with E-state index >= 15 is 0 Å². The maximum atomic E-state index is 3.03. The third-order valence-corrected chi connectivity index (χ3v) is 1.24. The minimum absolute atomic E-state index is 0.870. The highest BCUT2D eigenvalue weighted by Gasteiger charge is 2.40. The molecule has 2 aliphatic carbocycles. The monoisotopic (exact) mass is 64.0 g/mol. The maximum Gasteiger partial charge on any atom is -0.00807 e. The SMILES string of the molecule is [C]1=[C]C2CC12. The summed E-state index contributed by atoms with van der Waals surface area (Å²) >= 11 is 0. The van der Waals surface area contributed by atoms with E-state index in [1.165, 1.54) is 6.42 Å². The first-order valence-corrected chi connectivity index (χ1v) is 1.98. The van der Waals surface area contributed by atoms with Crippen LogP contribution in [-0.2, 0) is 0 Å². The summed E-state index contributed by atoms with van der Waals surface area (Å²) in [4.78, 5) is 0. The van der Waals surface area contributed by atoms with E-state index in [0.717, 1.165) is 11.8 Å². The van der Waals surface area contributed by atoms with Gasteiger partial charge in [0.15, 0.2) is 0 Å². The molecule has 0 aromatic carbocycles. The lowest BCUT2D eigenvalue weighted by atomic mass is 10.1. The van der Waals surface area contributed by atoms with Crippen LogP contribution in [0.1, 0.15) is 6.42 Å². The van der Waals surface area contributed by atoms with Crippen LogP contribution in [0.4, 0.5) is 0 Å². The minimum Gasteiger partial charge on any atom is -0.0382 e. The first-order valence-electron chi connectivity index (χ1n) is 1.98. The third kappa shape index (κ3) is 0.0982. The Morgan fingerprint density at radius 2 is 1.80 bits per heavy atom. The summed E-state index contributed by atoms with van der Waals surface area (Å²) in [6.45, 7) is 0. The van der Waals surface area contributed by atoms with Crippen molar-refractivity contribution in [3.05, 3.63) is 12.2 Å². The zero-order valence-corrected chi connectivity index (χ0v) is 2.86. The van der Waals surface area contributed by atoms with Gasteiger partial charge in [-0.1, -0.05) is 0 Å². The molecule has 2 unspecified atom stereocenters. The van der Waals surface area contributed by atoms with Crippen molar-refractivity contribution < 1.29 is 0 Å². The zero-order valence-electron chi connectivity index (χ0n) is 2.86. The summed E-state index contributed by atoms with van der Waals surface area (Å²) in [5.41, 5.74) is 0. The average molecular weight is 64.1 g/mol. The number of allylic oxidation sites excluding steroid dienone is 2. The smallest absolute Gasteiger partial charge is 0.00807 e. The first-order chi connectivity index (χ1) is 2.47. The molecule has 2 atom stereocenters. The zero-order chi connectivity index (χ0) is 3.28. The highest BCUT2D eigenvalue weighted by atomic mass is 14.4. The third-order valence-electron chi connectivity index (χ3n) is 1.24. The highest BCUT2D eigenvalue weighted by molar-refractivity contribution is 5.09. The quantitative estimate of drug-likeness (QED) is 0.391. The summed E-state index contributed by atoms with van der Waals surface area (Å²) in [5, 5.41) is 0. The molecule has 2 radical (unpaired) electrons. The van der Waals surface area contributed by atoms with Crippen LogP contribution < -0.4 is 0 Å². The molecule has 0 aliphatic heterocycles. The second-order valence-electron chi connectivity index (χ2n) is 1.74. The predicted molar refractivity (Wildman–Crippen MR) is 18.1 cm³/mol. The molecule has 5 heavy (non-hydrogen) atoms. The van der Waals surface area contributed by atoms with Crippen LogP contribution in [0.5, 0.6) is 0 Å². The molecule has 0 N–H and O–H groups in total. The molecule has 0 heterocycles. The van der Waals surface area contributed by atoms with E-state index in [1.54, 1.807) is 0 Å². The molecular weight excluding hydrogens is 60.1 g/mol. The van der Waals surface area contributed by atoms with Gasteiger partial charge in [0.1, 0.15) is 0 Å². The normalized spacial score (nSPS) is 54.4. The molecule has 0 nitrogen and oxygen atoms in total. The van der Waals surface area contributed by atoms with Crippen molar-refractivity contribution in [2.24, 2.45) is 11.8 Å². The van der Waals surface area contributed by atoms with Crippen LogP contribution in [0.3, 0.4) is 0 Å². The van der Waals surface area contributed by atoms with Crippen LogP contribution in [0.15, 0.2) is 0 Å². The molecule has 0 heteroatoms. The van der Waals surface area contributed by atoms with E-state index in [1.807, 2.05) is 0 Å². The van der Waals surface area contributed by atoms with Gasteiger partial charge in [0.25, 0.3) is 0 Å². The fraction of sp³-hybridized carbons (Fsp3) is 0.600. The topological polar surface area (TPSA) is 0 Å². The van der Waals surface area contributed by atoms with Crippen molar-refractivity contribution in [1.82, 2.24) is 0 Å². The van der Waals surface area contributed by atoms with Gasteiger partial charge < -0.3 is 0 Å². The number of hydrogen-bond acceptors (Lipinski definition) is 0. The Morgan fingerprint density at radius 1 is 1.20 bits per heavy atom. The maximum absolute atomic E-state index is 3.03. The van der Waals surface area contributed by atoms with Gasteiger partial charge in [0, 0.05) is 0 Å².